The van der Waals surface area contributed by atoms with Gasteiger partial charge in [-0.1, -0.05) is 35.9 Å². The molecule has 0 spiro atoms. The molecule has 0 bridgehead atoms. The van der Waals surface area contributed by atoms with Crippen LogP contribution in [-0.4, -0.2) is 33.3 Å². The number of aryl methyl sites for hydroxylation is 1. The van der Waals surface area contributed by atoms with Gasteiger partial charge in [0, 0.05) is 45.5 Å². The van der Waals surface area contributed by atoms with Crippen LogP contribution in [0.25, 0.3) is 0 Å². The average Bonchev–Trinajstić information content (AvgIpc) is 2.64. The van der Waals surface area contributed by atoms with Gasteiger partial charge in [0.1, 0.15) is 5.75 Å². The van der Waals surface area contributed by atoms with E-state index in [1.165, 1.54) is 11.1 Å². The lowest BCUT2D eigenvalue weighted by molar-refractivity contribution is 0.172. The van der Waals surface area contributed by atoms with Crippen molar-refractivity contribution in [2.75, 3.05) is 32.7 Å². The van der Waals surface area contributed by atoms with E-state index in [4.69, 9.17) is 9.47 Å². The Bertz CT molecular complexity index is 675. The van der Waals surface area contributed by atoms with Gasteiger partial charge in [0.15, 0.2) is 5.96 Å². The largest absolute Gasteiger partial charge is 0.493 e. The van der Waals surface area contributed by atoms with Gasteiger partial charge < -0.3 is 20.1 Å². The van der Waals surface area contributed by atoms with Crippen LogP contribution in [0.5, 0.6) is 5.75 Å². The summed E-state index contributed by atoms with van der Waals surface area (Å²) in [6.45, 7) is 4.14. The molecule has 0 aromatic heterocycles. The minimum Gasteiger partial charge on any atom is -0.493 e. The highest BCUT2D eigenvalue weighted by Crippen LogP contribution is 2.17. The summed E-state index contributed by atoms with van der Waals surface area (Å²) in [6.07, 6.45) is 0.869. The molecule has 0 radical (unpaired) electrons. The first kappa shape index (κ1) is 22.2. The lowest BCUT2D eigenvalue weighted by Crippen LogP contribution is -2.30. The molecule has 2 aromatic carbocycles. The maximum Gasteiger partial charge on any atom is 0.195 e. The van der Waals surface area contributed by atoms with Gasteiger partial charge in [0.05, 0.1) is 6.61 Å². The molecule has 0 saturated heterocycles. The number of rotatable bonds is 8. The Morgan fingerprint density at radius 2 is 1.85 bits per heavy atom. The molecule has 0 unspecified atom stereocenters. The van der Waals surface area contributed by atoms with Crippen LogP contribution in [0.1, 0.15) is 17.5 Å². The van der Waals surface area contributed by atoms with E-state index in [0.29, 0.717) is 19.8 Å². The quantitative estimate of drug-likeness (QED) is 0.263. The van der Waals surface area contributed by atoms with E-state index < -0.39 is 0 Å². The Balaban J connectivity index is 0.00000338. The zero-order chi connectivity index (χ0) is 17.9. The molecule has 26 heavy (non-hydrogen) atoms. The molecule has 0 aliphatic carbocycles. The Morgan fingerprint density at radius 1 is 1.08 bits per heavy atom. The third-order valence-corrected chi connectivity index (χ3v) is 3.66. The molecule has 2 rings (SSSR count). The molecule has 6 heteroatoms. The molecule has 0 atom stereocenters. The summed E-state index contributed by atoms with van der Waals surface area (Å²) in [5.41, 5.74) is 3.40. The summed E-state index contributed by atoms with van der Waals surface area (Å²) >= 11 is 0. The standard InChI is InChI=1S/C20H27N3O2.HI/c1-16-8-10-17(11-9-16)15-22-20(21-2)23-18-6-4-7-19(14-18)25-13-5-12-24-3;/h4,6-11,14H,5,12-13,15H2,1-3H3,(H2,21,22,23);1H. The minimum absolute atomic E-state index is 0. The third-order valence-electron chi connectivity index (χ3n) is 3.66. The average molecular weight is 469 g/mol. The van der Waals surface area contributed by atoms with Crippen LogP contribution in [-0.2, 0) is 11.3 Å². The highest BCUT2D eigenvalue weighted by Gasteiger charge is 2.02. The Kier molecular flexibility index (Phi) is 10.7. The summed E-state index contributed by atoms with van der Waals surface area (Å²) < 4.78 is 10.7. The zero-order valence-corrected chi connectivity index (χ0v) is 17.9. The van der Waals surface area contributed by atoms with E-state index in [2.05, 4.69) is 46.8 Å². The molecule has 142 valence electrons. The molecule has 5 nitrogen and oxygen atoms in total. The van der Waals surface area contributed by atoms with E-state index in [1.807, 2.05) is 24.3 Å². The summed E-state index contributed by atoms with van der Waals surface area (Å²) in [7, 11) is 3.45. The molecule has 0 heterocycles. The SMILES string of the molecule is CN=C(NCc1ccc(C)cc1)Nc1cccc(OCCCOC)c1.I. The second kappa shape index (κ2) is 12.5. The van der Waals surface area contributed by atoms with Gasteiger partial charge in [-0.15, -0.1) is 24.0 Å². The van der Waals surface area contributed by atoms with Gasteiger partial charge in [-0.2, -0.15) is 0 Å². The molecular weight excluding hydrogens is 441 g/mol. The number of hydrogen-bond donors (Lipinski definition) is 2. The number of nitrogens with one attached hydrogen (secondary N) is 2. The van der Waals surface area contributed by atoms with Crippen molar-refractivity contribution in [3.63, 3.8) is 0 Å². The van der Waals surface area contributed by atoms with E-state index >= 15 is 0 Å². The van der Waals surface area contributed by atoms with Crippen LogP contribution in [0.3, 0.4) is 0 Å². The van der Waals surface area contributed by atoms with Gasteiger partial charge >= 0.3 is 0 Å². The van der Waals surface area contributed by atoms with Crippen LogP contribution in [0.4, 0.5) is 5.69 Å². The minimum atomic E-state index is 0. The molecule has 0 saturated carbocycles. The van der Waals surface area contributed by atoms with Gasteiger partial charge in [-0.3, -0.25) is 4.99 Å². The first-order chi connectivity index (χ1) is 12.2. The second-order valence-corrected chi connectivity index (χ2v) is 5.76. The fraction of sp³-hybridized carbons (Fsp3) is 0.350. The number of ether oxygens (including phenoxy) is 2. The van der Waals surface area contributed by atoms with Crippen molar-refractivity contribution in [1.29, 1.82) is 0 Å². The monoisotopic (exact) mass is 469 g/mol. The molecule has 0 aliphatic rings. The molecule has 2 aromatic rings. The number of hydrogen-bond acceptors (Lipinski definition) is 3. The zero-order valence-electron chi connectivity index (χ0n) is 15.6. The number of methoxy groups -OCH3 is 1. The summed E-state index contributed by atoms with van der Waals surface area (Å²) in [6, 6.07) is 16.3. The topological polar surface area (TPSA) is 54.9 Å². The van der Waals surface area contributed by atoms with Gasteiger partial charge in [-0.25, -0.2) is 0 Å². The predicted octanol–water partition coefficient (Wildman–Crippen LogP) is 4.22. The van der Waals surface area contributed by atoms with Crippen molar-refractivity contribution in [2.24, 2.45) is 4.99 Å². The number of benzene rings is 2. The summed E-state index contributed by atoms with van der Waals surface area (Å²) in [4.78, 5) is 4.27. The third kappa shape index (κ3) is 8.05. The van der Waals surface area contributed by atoms with E-state index in [-0.39, 0.29) is 24.0 Å². The van der Waals surface area contributed by atoms with E-state index in [1.54, 1.807) is 14.2 Å². The smallest absolute Gasteiger partial charge is 0.195 e. The molecule has 0 amide bonds. The van der Waals surface area contributed by atoms with Gasteiger partial charge in [0.2, 0.25) is 0 Å². The van der Waals surface area contributed by atoms with E-state index in [0.717, 1.165) is 23.8 Å². The lowest BCUT2D eigenvalue weighted by Gasteiger charge is -2.13. The van der Waals surface area contributed by atoms with Gasteiger partial charge in [0.25, 0.3) is 0 Å². The number of halogens is 1. The maximum absolute atomic E-state index is 5.72. The van der Waals surface area contributed by atoms with Crippen molar-refractivity contribution in [2.45, 2.75) is 19.9 Å². The Morgan fingerprint density at radius 3 is 2.54 bits per heavy atom. The van der Waals surface area contributed by atoms with Crippen LogP contribution in [0.2, 0.25) is 0 Å². The van der Waals surface area contributed by atoms with Gasteiger partial charge in [-0.05, 0) is 24.6 Å². The first-order valence-corrected chi connectivity index (χ1v) is 8.46. The fourth-order valence-corrected chi connectivity index (χ4v) is 2.26. The van der Waals surface area contributed by atoms with Crippen LogP contribution < -0.4 is 15.4 Å². The predicted molar refractivity (Wildman–Crippen MR) is 119 cm³/mol. The first-order valence-electron chi connectivity index (χ1n) is 8.46. The van der Waals surface area contributed by atoms with Crippen molar-refractivity contribution in [1.82, 2.24) is 5.32 Å². The lowest BCUT2D eigenvalue weighted by atomic mass is 10.1. The van der Waals surface area contributed by atoms with Crippen molar-refractivity contribution in [3.8, 4) is 5.75 Å². The van der Waals surface area contributed by atoms with E-state index in [9.17, 15) is 0 Å². The second-order valence-electron chi connectivity index (χ2n) is 5.76. The van der Waals surface area contributed by atoms with Crippen LogP contribution in [0, 0.1) is 6.92 Å². The number of anilines is 1. The van der Waals surface area contributed by atoms with Crippen molar-refractivity contribution >= 4 is 35.6 Å². The Hall–Kier alpha value is -1.80. The molecule has 0 fully saturated rings. The Labute approximate surface area is 173 Å². The van der Waals surface area contributed by atoms with Crippen molar-refractivity contribution in [3.05, 3.63) is 59.7 Å². The van der Waals surface area contributed by atoms with Crippen molar-refractivity contribution < 1.29 is 9.47 Å². The van der Waals surface area contributed by atoms with Crippen LogP contribution in [0.15, 0.2) is 53.5 Å². The highest BCUT2D eigenvalue weighted by molar-refractivity contribution is 14.0. The normalized spacial score (nSPS) is 10.8. The summed E-state index contributed by atoms with van der Waals surface area (Å²) in [5, 5.41) is 6.60. The number of aliphatic imine (C=N–C) groups is 1. The molecular formula is C20H28IN3O2. The molecule has 0 aliphatic heterocycles. The maximum atomic E-state index is 5.72. The fourth-order valence-electron chi connectivity index (χ4n) is 2.26. The van der Waals surface area contributed by atoms with Crippen LogP contribution >= 0.6 is 24.0 Å². The number of guanidine groups is 1. The highest BCUT2D eigenvalue weighted by atomic mass is 127. The molecule has 2 N–H and O–H groups in total. The number of nitrogens with zero attached hydrogens (tertiary/aromatic N) is 1. The summed E-state index contributed by atoms with van der Waals surface area (Å²) in [5.74, 6) is 1.55.